The second-order valence-corrected chi connectivity index (χ2v) is 11.4. The molecule has 0 radical (unpaired) electrons. The number of anilines is 1. The Morgan fingerprint density at radius 1 is 1.11 bits per heavy atom. The minimum atomic E-state index is -4.76. The third-order valence-electron chi connectivity index (χ3n) is 7.35. The number of aromatic nitrogens is 3. The Morgan fingerprint density at radius 2 is 1.86 bits per heavy atom. The van der Waals surface area contributed by atoms with Gasteiger partial charge < -0.3 is 10.1 Å². The highest BCUT2D eigenvalue weighted by Gasteiger charge is 2.40. The zero-order valence-electron chi connectivity index (χ0n) is 23.7. The summed E-state index contributed by atoms with van der Waals surface area (Å²) < 4.78 is 42.6. The normalized spacial score (nSPS) is 19.0. The van der Waals surface area contributed by atoms with Crippen LogP contribution < -0.4 is 15.0 Å². The monoisotopic (exact) mass is 620 g/mol. The first-order valence-corrected chi connectivity index (χ1v) is 14.9. The van der Waals surface area contributed by atoms with E-state index in [1.54, 1.807) is 4.90 Å². The topological polar surface area (TPSA) is 102 Å². The number of carbonyl (C=O) groups is 2. The molecule has 1 saturated carbocycles. The van der Waals surface area contributed by atoms with Crippen LogP contribution in [0.3, 0.4) is 0 Å². The molecule has 3 amide bonds. The van der Waals surface area contributed by atoms with Gasteiger partial charge in [0.2, 0.25) is 5.91 Å². The average molecular weight is 621 g/mol. The number of rotatable bonds is 7. The number of alkyl halides is 3. The summed E-state index contributed by atoms with van der Waals surface area (Å²) in [6, 6.07) is 18.4. The second-order valence-electron chi connectivity index (χ2n) is 10.5. The van der Waals surface area contributed by atoms with Gasteiger partial charge >= 0.3 is 12.4 Å². The van der Waals surface area contributed by atoms with Crippen molar-refractivity contribution in [2.45, 2.75) is 45.0 Å². The molecule has 2 fully saturated rings. The Kier molecular flexibility index (Phi) is 7.89. The summed E-state index contributed by atoms with van der Waals surface area (Å²) in [7, 11) is 0. The number of halogens is 3. The molecular formula is C31H27F3N6O3S. The van der Waals surface area contributed by atoms with Crippen molar-refractivity contribution in [2.24, 2.45) is 4.99 Å². The van der Waals surface area contributed by atoms with E-state index in [9.17, 15) is 22.8 Å². The molecule has 2 atom stereocenters. The zero-order valence-corrected chi connectivity index (χ0v) is 24.5. The van der Waals surface area contributed by atoms with E-state index in [4.69, 9.17) is 0 Å². The van der Waals surface area contributed by atoms with Gasteiger partial charge in [-0.1, -0.05) is 55.1 Å². The molecule has 2 heterocycles. The number of hydrogen-bond donors (Lipinski definition) is 1. The summed E-state index contributed by atoms with van der Waals surface area (Å²) in [4.78, 5) is 35.7. The third kappa shape index (κ3) is 6.47. The van der Waals surface area contributed by atoms with E-state index >= 15 is 0 Å². The molecule has 2 unspecified atom stereocenters. The molecule has 44 heavy (non-hydrogen) atoms. The number of hydrogen-bond acceptors (Lipinski definition) is 6. The van der Waals surface area contributed by atoms with Gasteiger partial charge in [0.1, 0.15) is 12.1 Å². The lowest BCUT2D eigenvalue weighted by atomic mass is 10.1. The largest absolute Gasteiger partial charge is 0.573 e. The van der Waals surface area contributed by atoms with Crippen molar-refractivity contribution in [2.75, 3.05) is 10.7 Å². The molecule has 9 nitrogen and oxygen atoms in total. The quantitative estimate of drug-likeness (QED) is 0.257. The molecule has 3 aromatic carbocycles. The molecule has 0 bridgehead atoms. The van der Waals surface area contributed by atoms with E-state index in [0.29, 0.717) is 16.7 Å². The van der Waals surface area contributed by atoms with Crippen LogP contribution >= 0.6 is 11.8 Å². The number of aliphatic imine (C=N–C) groups is 1. The number of aryl methyl sites for hydroxylation is 2. The summed E-state index contributed by atoms with van der Waals surface area (Å²) in [5, 5.41) is 7.78. The maximum Gasteiger partial charge on any atom is 0.573 e. The number of urea groups is 1. The van der Waals surface area contributed by atoms with Crippen molar-refractivity contribution < 1.29 is 27.5 Å². The van der Waals surface area contributed by atoms with Gasteiger partial charge in [-0.15, -0.1) is 18.3 Å². The molecule has 1 aromatic heterocycles. The summed E-state index contributed by atoms with van der Waals surface area (Å²) in [6.07, 6.45) is -1.75. The second kappa shape index (κ2) is 11.8. The van der Waals surface area contributed by atoms with Gasteiger partial charge in [0.15, 0.2) is 11.0 Å². The molecular weight excluding hydrogens is 593 g/mol. The fourth-order valence-corrected chi connectivity index (χ4v) is 5.92. The maximum atomic E-state index is 12.8. The van der Waals surface area contributed by atoms with Crippen LogP contribution in [-0.2, 0) is 11.2 Å². The van der Waals surface area contributed by atoms with Gasteiger partial charge in [0.05, 0.1) is 17.1 Å². The molecule has 4 aromatic rings. The van der Waals surface area contributed by atoms with E-state index in [-0.39, 0.29) is 29.4 Å². The summed E-state index contributed by atoms with van der Waals surface area (Å²) in [5.41, 5.74) is 5.15. The predicted octanol–water partition coefficient (Wildman–Crippen LogP) is 6.41. The van der Waals surface area contributed by atoms with Crippen LogP contribution in [0.15, 0.2) is 78.0 Å². The summed E-state index contributed by atoms with van der Waals surface area (Å²) in [5.74, 6) is 0.406. The molecule has 6 rings (SSSR count). The average Bonchev–Trinajstić information content (AvgIpc) is 3.39. The van der Waals surface area contributed by atoms with Crippen LogP contribution in [-0.4, -0.2) is 50.0 Å². The Labute approximate surface area is 255 Å². The molecule has 1 aliphatic heterocycles. The van der Waals surface area contributed by atoms with Crippen LogP contribution in [0, 0.1) is 6.92 Å². The van der Waals surface area contributed by atoms with E-state index in [1.807, 2.05) is 56.3 Å². The third-order valence-corrected chi connectivity index (χ3v) is 8.27. The highest BCUT2D eigenvalue weighted by molar-refractivity contribution is 8.15. The van der Waals surface area contributed by atoms with Crippen LogP contribution in [0.4, 0.5) is 23.7 Å². The van der Waals surface area contributed by atoms with E-state index in [2.05, 4.69) is 25.1 Å². The van der Waals surface area contributed by atoms with Crippen molar-refractivity contribution >= 4 is 34.6 Å². The molecule has 13 heteroatoms. The fraction of sp³-hybridized carbons (Fsp3) is 0.258. The first-order valence-electron chi connectivity index (χ1n) is 13.9. The van der Waals surface area contributed by atoms with E-state index in [0.717, 1.165) is 40.8 Å². The van der Waals surface area contributed by atoms with Gasteiger partial charge in [0.25, 0.3) is 0 Å². The van der Waals surface area contributed by atoms with Gasteiger partial charge in [-0.2, -0.15) is 4.99 Å². The molecule has 1 aliphatic carbocycles. The number of carbonyl (C=O) groups excluding carboxylic acids is 2. The van der Waals surface area contributed by atoms with Gasteiger partial charge in [-0.05, 0) is 66.8 Å². The predicted molar refractivity (Wildman–Crippen MR) is 161 cm³/mol. The number of benzene rings is 3. The van der Waals surface area contributed by atoms with Crippen LogP contribution in [0.1, 0.15) is 36.0 Å². The number of amides is 3. The molecule has 1 saturated heterocycles. The fourth-order valence-electron chi connectivity index (χ4n) is 5.06. The van der Waals surface area contributed by atoms with E-state index < -0.39 is 12.4 Å². The van der Waals surface area contributed by atoms with Crippen molar-refractivity contribution in [1.82, 2.24) is 20.1 Å². The van der Waals surface area contributed by atoms with Crippen molar-refractivity contribution in [3.63, 3.8) is 0 Å². The van der Waals surface area contributed by atoms with Crippen molar-refractivity contribution in [3.05, 3.63) is 89.7 Å². The van der Waals surface area contributed by atoms with Gasteiger partial charge in [-0.25, -0.2) is 14.5 Å². The highest BCUT2D eigenvalue weighted by Crippen LogP contribution is 2.41. The lowest BCUT2D eigenvalue weighted by molar-refractivity contribution is -0.274. The number of thioether (sulfide) groups is 1. The Hall–Kier alpha value is -4.65. The number of nitrogens with zero attached hydrogens (tertiary/aromatic N) is 5. The number of nitrogens with one attached hydrogen (secondary N) is 1. The van der Waals surface area contributed by atoms with Gasteiger partial charge in [0, 0.05) is 17.5 Å². The van der Waals surface area contributed by atoms with Crippen LogP contribution in [0.25, 0.3) is 17.1 Å². The summed E-state index contributed by atoms with van der Waals surface area (Å²) >= 11 is 1.26. The number of ether oxygens (including phenoxy) is 1. The molecule has 0 spiro atoms. The first-order chi connectivity index (χ1) is 21.1. The lowest BCUT2D eigenvalue weighted by Crippen LogP contribution is -2.32. The Balaban J connectivity index is 1.08. The standard InChI is InChI=1S/C31H27F3N6O3S/c1-3-19-5-4-18(2)14-26(19)40-27(41)16-44-30(40)37-29(42)36-25-15-24(25)20-6-8-21(9-7-20)28-35-17-39(38-28)22-10-12-23(13-11-22)43-31(32,33)34/h4-14,17,24-25H,3,15-16H2,1-2H3,(H,36,42). The number of amidine groups is 1. The SMILES string of the molecule is CCc1ccc(C)cc1N1C(=O)CSC1=NC(=O)NC1CC1c1ccc(-c2ncn(-c3ccc(OC(F)(F)F)cc3)n2)cc1. The molecule has 226 valence electrons. The first kappa shape index (κ1) is 29.4. The smallest absolute Gasteiger partial charge is 0.406 e. The lowest BCUT2D eigenvalue weighted by Gasteiger charge is -2.20. The van der Waals surface area contributed by atoms with E-state index in [1.165, 1.54) is 47.0 Å². The van der Waals surface area contributed by atoms with Crippen molar-refractivity contribution in [1.29, 1.82) is 0 Å². The van der Waals surface area contributed by atoms with Crippen molar-refractivity contribution in [3.8, 4) is 22.8 Å². The Bertz CT molecular complexity index is 1740. The summed E-state index contributed by atoms with van der Waals surface area (Å²) in [6.45, 7) is 3.99. The highest BCUT2D eigenvalue weighted by atomic mass is 32.2. The van der Waals surface area contributed by atoms with Crippen LogP contribution in [0.2, 0.25) is 0 Å². The Morgan fingerprint density at radius 3 is 2.57 bits per heavy atom. The molecule has 1 N–H and O–H groups in total. The van der Waals surface area contributed by atoms with Crippen LogP contribution in [0.5, 0.6) is 5.75 Å². The minimum absolute atomic E-state index is 0.0694. The van der Waals surface area contributed by atoms with Gasteiger partial charge in [-0.3, -0.25) is 9.69 Å². The zero-order chi connectivity index (χ0) is 31.0. The molecule has 2 aliphatic rings. The minimum Gasteiger partial charge on any atom is -0.406 e. The maximum absolute atomic E-state index is 12.8.